The first-order valence-corrected chi connectivity index (χ1v) is 8.10. The predicted octanol–water partition coefficient (Wildman–Crippen LogP) is 4.34. The minimum Gasteiger partial charge on any atom is -0.485 e. The molecule has 1 N–H and O–H groups in total. The Labute approximate surface area is 158 Å². The summed E-state index contributed by atoms with van der Waals surface area (Å²) in [6.45, 7) is 7.17. The average molecular weight is 391 g/mol. The zero-order valence-corrected chi connectivity index (χ0v) is 15.0. The fourth-order valence-corrected chi connectivity index (χ4v) is 2.48. The summed E-state index contributed by atoms with van der Waals surface area (Å²) < 4.78 is 12.7. The first-order chi connectivity index (χ1) is 12.5. The molecule has 0 unspecified atom stereocenters. The van der Waals surface area contributed by atoms with Crippen molar-refractivity contribution in [1.82, 2.24) is 14.8 Å². The number of hydrogen-bond donors (Lipinski definition) is 1. The third-order valence-electron chi connectivity index (χ3n) is 3.46. The topological polar surface area (TPSA) is 73.5 Å². The first kappa shape index (κ1) is 17.9. The molecule has 0 aliphatic heterocycles. The number of nitrogens with one attached hydrogen (secondary N) is 1. The van der Waals surface area contributed by atoms with Crippen LogP contribution in [0.25, 0.3) is 4.85 Å². The number of aromatic nitrogens is 3. The van der Waals surface area contributed by atoms with Gasteiger partial charge in [-0.2, -0.15) is 5.10 Å². The minimum absolute atomic E-state index is 0.0926. The summed E-state index contributed by atoms with van der Waals surface area (Å²) in [6, 6.07) is 9.57. The third-order valence-corrected chi connectivity index (χ3v) is 3.99. The molecule has 0 amide bonds. The standard InChI is InChI=1S/C17H12Cl2N4O3/c1-20-11-5-10(18)6-13(7-11)26-15-8-12(3-4-14(15)19)25-9-16-21-22-17(24)23(16)2/h3-8H,9H2,2H3,(H,22,24). The quantitative estimate of drug-likeness (QED) is 0.657. The summed E-state index contributed by atoms with van der Waals surface area (Å²) in [7, 11) is 1.59. The van der Waals surface area contributed by atoms with Gasteiger partial charge in [-0.05, 0) is 30.3 Å². The molecule has 9 heteroatoms. The van der Waals surface area contributed by atoms with Crippen LogP contribution in [0, 0.1) is 6.57 Å². The highest BCUT2D eigenvalue weighted by atomic mass is 35.5. The number of aromatic amines is 1. The average Bonchev–Trinajstić information content (AvgIpc) is 2.93. The van der Waals surface area contributed by atoms with Crippen molar-refractivity contribution >= 4 is 28.9 Å². The van der Waals surface area contributed by atoms with Gasteiger partial charge in [0.05, 0.1) is 11.6 Å². The van der Waals surface area contributed by atoms with Crippen molar-refractivity contribution < 1.29 is 9.47 Å². The van der Waals surface area contributed by atoms with E-state index in [1.165, 1.54) is 10.6 Å². The molecule has 0 spiro atoms. The lowest BCUT2D eigenvalue weighted by atomic mass is 10.3. The van der Waals surface area contributed by atoms with Gasteiger partial charge in [-0.3, -0.25) is 4.57 Å². The van der Waals surface area contributed by atoms with E-state index in [1.807, 2.05) is 0 Å². The molecule has 0 saturated heterocycles. The Morgan fingerprint density at radius 2 is 2.04 bits per heavy atom. The molecule has 0 bridgehead atoms. The number of halogens is 2. The largest absolute Gasteiger partial charge is 0.485 e. The molecule has 0 aliphatic rings. The zero-order chi connectivity index (χ0) is 18.7. The Balaban J connectivity index is 1.79. The van der Waals surface area contributed by atoms with E-state index in [0.29, 0.717) is 38.8 Å². The van der Waals surface area contributed by atoms with Crippen LogP contribution < -0.4 is 15.2 Å². The van der Waals surface area contributed by atoms with Gasteiger partial charge < -0.3 is 9.47 Å². The number of H-pyrrole nitrogens is 1. The van der Waals surface area contributed by atoms with Gasteiger partial charge in [0.25, 0.3) is 0 Å². The maximum atomic E-state index is 11.4. The second-order valence-electron chi connectivity index (χ2n) is 5.24. The highest BCUT2D eigenvalue weighted by Crippen LogP contribution is 2.35. The Hall–Kier alpha value is -2.95. The van der Waals surface area contributed by atoms with Gasteiger partial charge in [0.1, 0.15) is 23.9 Å². The van der Waals surface area contributed by atoms with E-state index in [1.54, 1.807) is 37.4 Å². The molecule has 0 saturated carbocycles. The Bertz CT molecular complexity index is 1050. The summed E-state index contributed by atoms with van der Waals surface area (Å²) in [5.41, 5.74) is 0.0378. The SMILES string of the molecule is [C-]#[N+]c1cc(Cl)cc(Oc2cc(OCc3n[nH]c(=O)n3C)ccc2Cl)c1. The lowest BCUT2D eigenvalue weighted by Gasteiger charge is -2.11. The molecule has 132 valence electrons. The lowest BCUT2D eigenvalue weighted by Crippen LogP contribution is -2.15. The molecule has 0 radical (unpaired) electrons. The van der Waals surface area contributed by atoms with Crippen molar-refractivity contribution in [2.75, 3.05) is 0 Å². The number of benzene rings is 2. The summed E-state index contributed by atoms with van der Waals surface area (Å²) in [4.78, 5) is 14.7. The fraction of sp³-hybridized carbons (Fsp3) is 0.118. The van der Waals surface area contributed by atoms with Crippen LogP contribution in [-0.2, 0) is 13.7 Å². The van der Waals surface area contributed by atoms with Gasteiger partial charge in [0, 0.05) is 18.1 Å². The molecule has 7 nitrogen and oxygen atoms in total. The summed E-state index contributed by atoms with van der Waals surface area (Å²) in [5.74, 6) is 1.66. The molecule has 0 atom stereocenters. The predicted molar refractivity (Wildman–Crippen MR) is 97.4 cm³/mol. The second kappa shape index (κ2) is 7.52. The zero-order valence-electron chi connectivity index (χ0n) is 13.5. The van der Waals surface area contributed by atoms with Gasteiger partial charge in [0.2, 0.25) is 0 Å². The number of ether oxygens (including phenoxy) is 2. The maximum Gasteiger partial charge on any atom is 0.343 e. The molecule has 26 heavy (non-hydrogen) atoms. The van der Waals surface area contributed by atoms with Gasteiger partial charge >= 0.3 is 5.69 Å². The van der Waals surface area contributed by atoms with E-state index >= 15 is 0 Å². The van der Waals surface area contributed by atoms with Crippen molar-refractivity contribution in [3.63, 3.8) is 0 Å². The summed E-state index contributed by atoms with van der Waals surface area (Å²) >= 11 is 12.2. The third kappa shape index (κ3) is 3.99. The van der Waals surface area contributed by atoms with Crippen molar-refractivity contribution in [2.24, 2.45) is 7.05 Å². The van der Waals surface area contributed by atoms with Gasteiger partial charge in [0.15, 0.2) is 11.5 Å². The van der Waals surface area contributed by atoms with Crippen molar-refractivity contribution in [1.29, 1.82) is 0 Å². The summed E-state index contributed by atoms with van der Waals surface area (Å²) in [5, 5.41) is 6.96. The number of nitrogens with zero attached hydrogens (tertiary/aromatic N) is 3. The molecule has 0 fully saturated rings. The van der Waals surface area contributed by atoms with Crippen LogP contribution in [0.5, 0.6) is 17.2 Å². The highest BCUT2D eigenvalue weighted by molar-refractivity contribution is 6.32. The van der Waals surface area contributed by atoms with E-state index in [0.717, 1.165) is 0 Å². The van der Waals surface area contributed by atoms with Crippen LogP contribution in [0.1, 0.15) is 5.82 Å². The Kier molecular flexibility index (Phi) is 5.16. The van der Waals surface area contributed by atoms with Crippen molar-refractivity contribution in [2.45, 2.75) is 6.61 Å². The normalized spacial score (nSPS) is 10.4. The molecular weight excluding hydrogens is 379 g/mol. The van der Waals surface area contributed by atoms with E-state index in [2.05, 4.69) is 15.0 Å². The molecule has 2 aromatic carbocycles. The maximum absolute atomic E-state index is 11.4. The van der Waals surface area contributed by atoms with Crippen LogP contribution >= 0.6 is 23.2 Å². The molecule has 1 heterocycles. The van der Waals surface area contributed by atoms with Crippen LogP contribution in [-0.4, -0.2) is 14.8 Å². The molecule has 1 aromatic heterocycles. The van der Waals surface area contributed by atoms with Crippen LogP contribution in [0.2, 0.25) is 10.0 Å². The van der Waals surface area contributed by atoms with E-state index in [4.69, 9.17) is 39.2 Å². The summed E-state index contributed by atoms with van der Waals surface area (Å²) in [6.07, 6.45) is 0. The lowest BCUT2D eigenvalue weighted by molar-refractivity contribution is 0.289. The van der Waals surface area contributed by atoms with E-state index in [-0.39, 0.29) is 12.3 Å². The monoisotopic (exact) mass is 390 g/mol. The van der Waals surface area contributed by atoms with Gasteiger partial charge in [-0.25, -0.2) is 14.7 Å². The van der Waals surface area contributed by atoms with E-state index in [9.17, 15) is 4.79 Å². The van der Waals surface area contributed by atoms with Crippen LogP contribution in [0.3, 0.4) is 0 Å². The molecule has 0 aliphatic carbocycles. The number of rotatable bonds is 5. The Morgan fingerprint density at radius 3 is 2.73 bits per heavy atom. The van der Waals surface area contributed by atoms with Crippen LogP contribution in [0.15, 0.2) is 41.2 Å². The van der Waals surface area contributed by atoms with Gasteiger partial charge in [-0.1, -0.05) is 23.2 Å². The molecule has 3 aromatic rings. The fourth-order valence-electron chi connectivity index (χ4n) is 2.11. The van der Waals surface area contributed by atoms with Crippen molar-refractivity contribution in [3.8, 4) is 17.2 Å². The molecule has 3 rings (SSSR count). The van der Waals surface area contributed by atoms with Gasteiger partial charge in [-0.15, -0.1) is 0 Å². The highest BCUT2D eigenvalue weighted by Gasteiger charge is 2.10. The number of hydrogen-bond acceptors (Lipinski definition) is 4. The van der Waals surface area contributed by atoms with Crippen molar-refractivity contribution in [3.05, 3.63) is 74.2 Å². The van der Waals surface area contributed by atoms with Crippen LogP contribution in [0.4, 0.5) is 5.69 Å². The minimum atomic E-state index is -0.319. The smallest absolute Gasteiger partial charge is 0.343 e. The van der Waals surface area contributed by atoms with E-state index < -0.39 is 0 Å². The Morgan fingerprint density at radius 1 is 1.23 bits per heavy atom. The molecular formula is C17H12Cl2N4O3. The second-order valence-corrected chi connectivity index (χ2v) is 6.09. The first-order valence-electron chi connectivity index (χ1n) is 7.35.